The van der Waals surface area contributed by atoms with E-state index in [1.807, 2.05) is 30.3 Å². The van der Waals surface area contributed by atoms with Gasteiger partial charge in [0, 0.05) is 11.6 Å². The molecule has 0 bridgehead atoms. The standard InChI is InChI=1S/C18H20ClNO3/c19-15-8-6-14(7-9-15)18(21)17-16(10-11-20(17)22)23-12-13-4-2-1-3-5-13/h1-9,16-18,21-22H,10-12H2/t16-,17-,18?/m0/s1. The van der Waals surface area contributed by atoms with Crippen molar-refractivity contribution in [2.75, 3.05) is 6.54 Å². The lowest BCUT2D eigenvalue weighted by Crippen LogP contribution is -2.39. The lowest BCUT2D eigenvalue weighted by molar-refractivity contribution is -0.156. The first-order valence-electron chi connectivity index (χ1n) is 7.70. The average molecular weight is 334 g/mol. The molecular weight excluding hydrogens is 314 g/mol. The van der Waals surface area contributed by atoms with Gasteiger partial charge in [0.05, 0.1) is 24.9 Å². The van der Waals surface area contributed by atoms with Gasteiger partial charge >= 0.3 is 0 Å². The minimum absolute atomic E-state index is 0.231. The van der Waals surface area contributed by atoms with E-state index >= 15 is 0 Å². The van der Waals surface area contributed by atoms with E-state index in [9.17, 15) is 10.3 Å². The van der Waals surface area contributed by atoms with Crippen molar-refractivity contribution in [2.45, 2.75) is 31.3 Å². The second-order valence-corrected chi connectivity index (χ2v) is 6.21. The van der Waals surface area contributed by atoms with Crippen molar-refractivity contribution < 1.29 is 15.1 Å². The molecule has 122 valence electrons. The normalized spacial score (nSPS) is 23.1. The van der Waals surface area contributed by atoms with Gasteiger partial charge in [-0.2, -0.15) is 5.06 Å². The van der Waals surface area contributed by atoms with Crippen molar-refractivity contribution in [3.8, 4) is 0 Å². The van der Waals surface area contributed by atoms with Crippen molar-refractivity contribution in [3.63, 3.8) is 0 Å². The maximum absolute atomic E-state index is 10.6. The molecular formula is C18H20ClNO3. The summed E-state index contributed by atoms with van der Waals surface area (Å²) in [7, 11) is 0. The predicted octanol–water partition coefficient (Wildman–Crippen LogP) is 3.42. The number of aliphatic hydroxyl groups excluding tert-OH is 1. The van der Waals surface area contributed by atoms with E-state index in [-0.39, 0.29) is 6.10 Å². The van der Waals surface area contributed by atoms with Crippen molar-refractivity contribution >= 4 is 11.6 Å². The molecule has 1 aliphatic rings. The van der Waals surface area contributed by atoms with Crippen molar-refractivity contribution in [1.82, 2.24) is 5.06 Å². The van der Waals surface area contributed by atoms with Gasteiger partial charge < -0.3 is 15.1 Å². The van der Waals surface area contributed by atoms with Gasteiger partial charge in [0.15, 0.2) is 0 Å². The van der Waals surface area contributed by atoms with E-state index in [2.05, 4.69) is 0 Å². The van der Waals surface area contributed by atoms with E-state index in [4.69, 9.17) is 16.3 Å². The summed E-state index contributed by atoms with van der Waals surface area (Å²) < 4.78 is 5.95. The van der Waals surface area contributed by atoms with Crippen LogP contribution in [-0.4, -0.2) is 34.1 Å². The summed E-state index contributed by atoms with van der Waals surface area (Å²) in [6.07, 6.45) is -0.384. The van der Waals surface area contributed by atoms with Crippen LogP contribution in [0.15, 0.2) is 54.6 Å². The Bertz CT molecular complexity index is 620. The van der Waals surface area contributed by atoms with Gasteiger partial charge in [0.25, 0.3) is 0 Å². The maximum atomic E-state index is 10.6. The zero-order chi connectivity index (χ0) is 16.2. The highest BCUT2D eigenvalue weighted by Gasteiger charge is 2.40. The fourth-order valence-electron chi connectivity index (χ4n) is 2.95. The SMILES string of the molecule is OC(c1ccc(Cl)cc1)[C@@H]1[C@@H](OCc2ccccc2)CCN1O. The van der Waals surface area contributed by atoms with Crippen LogP contribution in [0.3, 0.4) is 0 Å². The van der Waals surface area contributed by atoms with Crippen LogP contribution < -0.4 is 0 Å². The van der Waals surface area contributed by atoms with Gasteiger partial charge in [0.1, 0.15) is 0 Å². The van der Waals surface area contributed by atoms with Crippen LogP contribution in [0.1, 0.15) is 23.7 Å². The third-order valence-electron chi connectivity index (χ3n) is 4.21. The van der Waals surface area contributed by atoms with Crippen molar-refractivity contribution in [1.29, 1.82) is 0 Å². The lowest BCUT2D eigenvalue weighted by Gasteiger charge is -2.28. The molecule has 0 aliphatic carbocycles. The van der Waals surface area contributed by atoms with Crippen LogP contribution in [0.5, 0.6) is 0 Å². The molecule has 1 heterocycles. The highest BCUT2D eigenvalue weighted by atomic mass is 35.5. The molecule has 1 unspecified atom stereocenters. The number of nitrogens with zero attached hydrogens (tertiary/aromatic N) is 1. The molecule has 2 aromatic carbocycles. The zero-order valence-corrected chi connectivity index (χ0v) is 13.4. The fourth-order valence-corrected chi connectivity index (χ4v) is 3.08. The number of hydrogen-bond acceptors (Lipinski definition) is 4. The fraction of sp³-hybridized carbons (Fsp3) is 0.333. The Morgan fingerprint density at radius 3 is 2.52 bits per heavy atom. The summed E-state index contributed by atoms with van der Waals surface area (Å²) in [6.45, 7) is 0.942. The Morgan fingerprint density at radius 1 is 1.13 bits per heavy atom. The summed E-state index contributed by atoms with van der Waals surface area (Å²) in [4.78, 5) is 0. The quantitative estimate of drug-likeness (QED) is 0.880. The number of halogens is 1. The molecule has 1 aliphatic heterocycles. The molecule has 2 aromatic rings. The number of rotatable bonds is 5. The molecule has 1 fully saturated rings. The van der Waals surface area contributed by atoms with Crippen LogP contribution in [-0.2, 0) is 11.3 Å². The highest BCUT2D eigenvalue weighted by molar-refractivity contribution is 6.30. The van der Waals surface area contributed by atoms with Crippen LogP contribution in [0.25, 0.3) is 0 Å². The Hall–Kier alpha value is -1.43. The second-order valence-electron chi connectivity index (χ2n) is 5.77. The molecule has 2 N–H and O–H groups in total. The molecule has 0 amide bonds. The Morgan fingerprint density at radius 2 is 1.83 bits per heavy atom. The first kappa shape index (κ1) is 16.4. The third-order valence-corrected chi connectivity index (χ3v) is 4.46. The smallest absolute Gasteiger partial charge is 0.0993 e. The van der Waals surface area contributed by atoms with Crippen LogP contribution >= 0.6 is 11.6 Å². The molecule has 3 rings (SSSR count). The first-order valence-corrected chi connectivity index (χ1v) is 8.07. The lowest BCUT2D eigenvalue weighted by atomic mass is 9.99. The van der Waals surface area contributed by atoms with E-state index in [1.54, 1.807) is 24.3 Å². The van der Waals surface area contributed by atoms with Crippen LogP contribution in [0.2, 0.25) is 5.02 Å². The molecule has 23 heavy (non-hydrogen) atoms. The molecule has 0 aromatic heterocycles. The summed E-state index contributed by atoms with van der Waals surface area (Å²) in [5.74, 6) is 0. The number of aliphatic hydroxyl groups is 1. The molecule has 0 saturated carbocycles. The number of ether oxygens (including phenoxy) is 1. The van der Waals surface area contributed by atoms with Crippen LogP contribution in [0, 0.1) is 0 Å². The molecule has 0 spiro atoms. The van der Waals surface area contributed by atoms with Crippen molar-refractivity contribution in [3.05, 3.63) is 70.7 Å². The third kappa shape index (κ3) is 3.91. The van der Waals surface area contributed by atoms with Gasteiger partial charge in [-0.25, -0.2) is 0 Å². The molecule has 3 atom stereocenters. The largest absolute Gasteiger partial charge is 0.387 e. The topological polar surface area (TPSA) is 52.9 Å². The minimum atomic E-state index is -0.833. The minimum Gasteiger partial charge on any atom is -0.387 e. The average Bonchev–Trinajstić information content (AvgIpc) is 2.95. The maximum Gasteiger partial charge on any atom is 0.0993 e. The predicted molar refractivity (Wildman–Crippen MR) is 88.3 cm³/mol. The Kier molecular flexibility index (Phi) is 5.30. The van der Waals surface area contributed by atoms with Gasteiger partial charge in [-0.05, 0) is 29.7 Å². The van der Waals surface area contributed by atoms with E-state index < -0.39 is 12.1 Å². The molecule has 1 saturated heterocycles. The second kappa shape index (κ2) is 7.43. The van der Waals surface area contributed by atoms with Crippen LogP contribution in [0.4, 0.5) is 0 Å². The summed E-state index contributed by atoms with van der Waals surface area (Å²) in [5, 5.41) is 22.5. The summed E-state index contributed by atoms with van der Waals surface area (Å²) in [5.41, 5.74) is 1.79. The van der Waals surface area contributed by atoms with Gasteiger partial charge in [-0.3, -0.25) is 0 Å². The highest BCUT2D eigenvalue weighted by Crippen LogP contribution is 2.31. The number of hydrogen-bond donors (Lipinski definition) is 2. The first-order chi connectivity index (χ1) is 11.1. The monoisotopic (exact) mass is 333 g/mol. The van der Waals surface area contributed by atoms with E-state index in [0.717, 1.165) is 5.56 Å². The van der Waals surface area contributed by atoms with E-state index in [0.29, 0.717) is 30.2 Å². The van der Waals surface area contributed by atoms with E-state index in [1.165, 1.54) is 5.06 Å². The Labute approximate surface area is 140 Å². The van der Waals surface area contributed by atoms with Crippen molar-refractivity contribution in [2.24, 2.45) is 0 Å². The zero-order valence-electron chi connectivity index (χ0n) is 12.7. The molecule has 5 heteroatoms. The van der Waals surface area contributed by atoms with Gasteiger partial charge in [0.2, 0.25) is 0 Å². The number of hydroxylamine groups is 2. The van der Waals surface area contributed by atoms with Gasteiger partial charge in [-0.1, -0.05) is 54.1 Å². The number of benzene rings is 2. The summed E-state index contributed by atoms with van der Waals surface area (Å²) in [6, 6.07) is 16.4. The van der Waals surface area contributed by atoms with Gasteiger partial charge in [-0.15, -0.1) is 0 Å². The molecule has 0 radical (unpaired) electrons. The molecule has 4 nitrogen and oxygen atoms in total. The summed E-state index contributed by atoms with van der Waals surface area (Å²) >= 11 is 5.88. The Balaban J connectivity index is 1.69.